The lowest BCUT2D eigenvalue weighted by Gasteiger charge is -2.17. The number of rotatable bonds is 12. The first-order chi connectivity index (χ1) is 23.3. The van der Waals surface area contributed by atoms with E-state index in [1.54, 1.807) is 25.6 Å². The second-order valence-electron chi connectivity index (χ2n) is 11.4. The highest BCUT2D eigenvalue weighted by atomic mass is 35.5. The van der Waals surface area contributed by atoms with E-state index in [2.05, 4.69) is 20.9 Å². The maximum atomic E-state index is 13.0. The van der Waals surface area contributed by atoms with Gasteiger partial charge in [0.15, 0.2) is 0 Å². The lowest BCUT2D eigenvalue weighted by molar-refractivity contribution is -0.119. The van der Waals surface area contributed by atoms with Gasteiger partial charge in [0.1, 0.15) is 5.65 Å². The van der Waals surface area contributed by atoms with Gasteiger partial charge in [-0.25, -0.2) is 9.97 Å². The number of hydrogen-bond acceptors (Lipinski definition) is 8. The summed E-state index contributed by atoms with van der Waals surface area (Å²) in [6.07, 6.45) is 4.56. The summed E-state index contributed by atoms with van der Waals surface area (Å²) in [4.78, 5) is 33.8. The van der Waals surface area contributed by atoms with Gasteiger partial charge in [-0.3, -0.25) is 14.0 Å². The zero-order valence-corrected chi connectivity index (χ0v) is 28.3. The van der Waals surface area contributed by atoms with Gasteiger partial charge in [0.2, 0.25) is 11.8 Å². The van der Waals surface area contributed by atoms with Crippen LogP contribution >= 0.6 is 34.8 Å². The number of benzene rings is 2. The van der Waals surface area contributed by atoms with E-state index in [9.17, 15) is 9.59 Å². The molecule has 3 aromatic heterocycles. The van der Waals surface area contributed by atoms with E-state index in [4.69, 9.17) is 49.6 Å². The van der Waals surface area contributed by atoms with Crippen molar-refractivity contribution in [2.45, 2.75) is 32.0 Å². The fraction of sp³-hybridized carbons (Fsp3) is 0.257. The Balaban J connectivity index is 1.29. The summed E-state index contributed by atoms with van der Waals surface area (Å²) in [5, 5.41) is 19.7. The van der Waals surface area contributed by atoms with Gasteiger partial charge < -0.3 is 25.8 Å². The van der Waals surface area contributed by atoms with E-state index in [-0.39, 0.29) is 24.1 Å². The number of aromatic nitrogens is 3. The van der Waals surface area contributed by atoms with E-state index in [1.807, 2.05) is 48.5 Å². The molecule has 0 bridgehead atoms. The SMILES string of the molecule is COc1nc(-c2cccc(-c3cccc(-c4ccn5c(=O)c(CNCCO)cnc5c4)c3Cl)c2Cl)cc(Cl)c1CNCC1CCC(=O)N1. The lowest BCUT2D eigenvalue weighted by atomic mass is 9.97. The number of ether oxygens (including phenoxy) is 1. The molecule has 1 saturated heterocycles. The van der Waals surface area contributed by atoms with Crippen LogP contribution < -0.4 is 26.2 Å². The molecule has 0 saturated carbocycles. The third-order valence-electron chi connectivity index (χ3n) is 8.26. The van der Waals surface area contributed by atoms with Crippen molar-refractivity contribution in [1.82, 2.24) is 30.3 Å². The predicted molar refractivity (Wildman–Crippen MR) is 189 cm³/mol. The molecule has 4 N–H and O–H groups in total. The Morgan fingerprint density at radius 3 is 2.42 bits per heavy atom. The van der Waals surface area contributed by atoms with Crippen LogP contribution in [0, 0.1) is 0 Å². The number of nitrogens with zero attached hydrogens (tertiary/aromatic N) is 3. The summed E-state index contributed by atoms with van der Waals surface area (Å²) < 4.78 is 7.11. The summed E-state index contributed by atoms with van der Waals surface area (Å²) >= 11 is 20.9. The van der Waals surface area contributed by atoms with Crippen molar-refractivity contribution in [3.05, 3.63) is 104 Å². The molecule has 4 heterocycles. The zero-order chi connectivity index (χ0) is 33.8. The molecule has 6 rings (SSSR count). The normalized spacial score (nSPS) is 14.4. The van der Waals surface area contributed by atoms with Gasteiger partial charge in [0.25, 0.3) is 5.56 Å². The van der Waals surface area contributed by atoms with Gasteiger partial charge >= 0.3 is 0 Å². The van der Waals surface area contributed by atoms with Gasteiger partial charge in [0.05, 0.1) is 34.5 Å². The maximum Gasteiger partial charge on any atom is 0.262 e. The van der Waals surface area contributed by atoms with Crippen molar-refractivity contribution in [1.29, 1.82) is 0 Å². The summed E-state index contributed by atoms with van der Waals surface area (Å²) in [6.45, 7) is 1.70. The number of carbonyl (C=O) groups is 1. The first-order valence-electron chi connectivity index (χ1n) is 15.4. The minimum Gasteiger partial charge on any atom is -0.481 e. The van der Waals surface area contributed by atoms with Crippen LogP contribution in [-0.4, -0.2) is 58.2 Å². The molecule has 48 heavy (non-hydrogen) atoms. The van der Waals surface area contributed by atoms with E-state index in [0.717, 1.165) is 23.1 Å². The third-order valence-corrected chi connectivity index (χ3v) is 9.41. The van der Waals surface area contributed by atoms with Gasteiger partial charge in [-0.1, -0.05) is 71.2 Å². The molecular weight excluding hydrogens is 675 g/mol. The number of carbonyl (C=O) groups excluding carboxylic acids is 1. The number of amides is 1. The van der Waals surface area contributed by atoms with Crippen molar-refractivity contribution in [2.75, 3.05) is 26.8 Å². The molecule has 5 aromatic rings. The number of hydrogen-bond donors (Lipinski definition) is 4. The van der Waals surface area contributed by atoms with Crippen LogP contribution in [0.15, 0.2) is 71.8 Å². The van der Waals surface area contributed by atoms with Crippen LogP contribution in [0.2, 0.25) is 15.1 Å². The Hall–Kier alpha value is -4.03. The fourth-order valence-electron chi connectivity index (χ4n) is 5.79. The molecule has 0 aliphatic carbocycles. The lowest BCUT2D eigenvalue weighted by Crippen LogP contribution is -2.35. The average Bonchev–Trinajstić information content (AvgIpc) is 3.51. The Morgan fingerprint density at radius 2 is 1.71 bits per heavy atom. The number of pyridine rings is 2. The van der Waals surface area contributed by atoms with E-state index in [0.29, 0.717) is 87.1 Å². The topological polar surface area (TPSA) is 130 Å². The first-order valence-corrected chi connectivity index (χ1v) is 16.6. The summed E-state index contributed by atoms with van der Waals surface area (Å²) in [5.41, 5.74) is 5.65. The van der Waals surface area contributed by atoms with Crippen LogP contribution in [0.25, 0.3) is 39.2 Å². The van der Waals surface area contributed by atoms with E-state index >= 15 is 0 Å². The van der Waals surface area contributed by atoms with Crippen molar-refractivity contribution in [3.8, 4) is 39.4 Å². The first kappa shape index (κ1) is 33.9. The van der Waals surface area contributed by atoms with E-state index < -0.39 is 0 Å². The molecule has 13 heteroatoms. The second kappa shape index (κ2) is 15.0. The minimum absolute atomic E-state index is 0.0170. The molecule has 1 aliphatic heterocycles. The van der Waals surface area contributed by atoms with Crippen molar-refractivity contribution < 1.29 is 14.6 Å². The van der Waals surface area contributed by atoms with E-state index in [1.165, 1.54) is 4.40 Å². The Labute approximate surface area is 292 Å². The molecular formula is C35H33Cl3N6O4. The van der Waals surface area contributed by atoms with Crippen LogP contribution in [0.5, 0.6) is 5.88 Å². The zero-order valence-electron chi connectivity index (χ0n) is 26.0. The number of aliphatic hydroxyl groups excluding tert-OH is 1. The highest BCUT2D eigenvalue weighted by Gasteiger charge is 2.22. The smallest absolute Gasteiger partial charge is 0.262 e. The minimum atomic E-state index is -0.186. The number of nitrogens with one attached hydrogen (secondary N) is 3. The number of methoxy groups -OCH3 is 1. The van der Waals surface area contributed by atoms with Crippen LogP contribution in [0.1, 0.15) is 24.0 Å². The molecule has 1 unspecified atom stereocenters. The number of halogens is 3. The number of fused-ring (bicyclic) bond motifs is 1. The Bertz CT molecular complexity index is 2050. The molecule has 0 spiro atoms. The molecule has 0 radical (unpaired) electrons. The van der Waals surface area contributed by atoms with Gasteiger partial charge in [-0.15, -0.1) is 0 Å². The molecule has 1 atom stereocenters. The molecule has 1 aliphatic rings. The second-order valence-corrected chi connectivity index (χ2v) is 12.5. The predicted octanol–water partition coefficient (Wildman–Crippen LogP) is 5.51. The summed E-state index contributed by atoms with van der Waals surface area (Å²) in [7, 11) is 1.54. The van der Waals surface area contributed by atoms with Crippen molar-refractivity contribution in [2.24, 2.45) is 0 Å². The van der Waals surface area contributed by atoms with Gasteiger partial charge in [-0.2, -0.15) is 0 Å². The molecule has 1 fully saturated rings. The monoisotopic (exact) mass is 706 g/mol. The molecule has 248 valence electrons. The largest absolute Gasteiger partial charge is 0.481 e. The summed E-state index contributed by atoms with van der Waals surface area (Å²) in [6, 6.07) is 16.8. The highest BCUT2D eigenvalue weighted by molar-refractivity contribution is 6.39. The van der Waals surface area contributed by atoms with Crippen LogP contribution in [-0.2, 0) is 17.9 Å². The summed E-state index contributed by atoms with van der Waals surface area (Å²) in [5.74, 6) is 0.442. The molecule has 10 nitrogen and oxygen atoms in total. The standard InChI is InChI=1S/C35H33Cl3N6O4/c1-48-34-27(19-40-18-22-8-9-31(46)42-22)28(36)15-29(43-34)26-7-3-6-25(33(26)38)24-5-2-4-23(32(24)37)20-10-12-44-30(14-20)41-17-21(35(44)47)16-39-11-13-45/h2-7,10,12,14-15,17,22,39-40,45H,8-9,11,13,16,18-19H2,1H3,(H,42,46). The number of aliphatic hydroxyl groups is 1. The van der Waals surface area contributed by atoms with Gasteiger partial charge in [-0.05, 0) is 30.2 Å². The Morgan fingerprint density at radius 1 is 0.979 bits per heavy atom. The van der Waals surface area contributed by atoms with Crippen LogP contribution in [0.3, 0.4) is 0 Å². The van der Waals surface area contributed by atoms with Gasteiger partial charge in [0, 0.05) is 84.4 Å². The Kier molecular flexibility index (Phi) is 10.6. The highest BCUT2D eigenvalue weighted by Crippen LogP contribution is 2.43. The average molecular weight is 708 g/mol. The maximum absolute atomic E-state index is 13.0. The van der Waals surface area contributed by atoms with Crippen molar-refractivity contribution in [3.63, 3.8) is 0 Å². The van der Waals surface area contributed by atoms with Crippen LogP contribution in [0.4, 0.5) is 0 Å². The quantitative estimate of drug-likeness (QED) is 0.125. The molecule has 1 amide bonds. The third kappa shape index (κ3) is 7.05. The fourth-order valence-corrected chi connectivity index (χ4v) is 6.70. The van der Waals surface area contributed by atoms with Crippen molar-refractivity contribution >= 4 is 46.4 Å². The molecule has 2 aromatic carbocycles.